The highest BCUT2D eigenvalue weighted by Crippen LogP contribution is 2.36. The molecule has 1 N–H and O–H groups in total. The van der Waals surface area contributed by atoms with Crippen LogP contribution in [0.4, 0.5) is 5.69 Å². The molecule has 1 saturated carbocycles. The van der Waals surface area contributed by atoms with Gasteiger partial charge >= 0.3 is 0 Å². The topological polar surface area (TPSA) is 105 Å². The number of nitrogens with zero attached hydrogens (tertiary/aromatic N) is 2. The summed E-state index contributed by atoms with van der Waals surface area (Å²) in [5, 5.41) is 3.06. The standard InChI is InChI=1S/C26H32BrN3O6S/c1-3-37(33,34)30(22-11-12-23-24(14-22)36-17-35-23)16-25(31)29(15-19-7-6-8-20(27)13-19)18(2)26(32)28-21-9-4-5-10-21/h6-8,11-14,18,21H,3-5,9-10,15-17H2,1-2H3,(H,28,32)/t18-/m0/s1. The van der Waals surface area contributed by atoms with E-state index in [0.29, 0.717) is 17.2 Å². The number of fused-ring (bicyclic) bond motifs is 1. The number of nitrogens with one attached hydrogen (secondary N) is 1. The number of hydrogen-bond donors (Lipinski definition) is 1. The van der Waals surface area contributed by atoms with E-state index in [2.05, 4.69) is 21.2 Å². The van der Waals surface area contributed by atoms with E-state index >= 15 is 0 Å². The molecule has 37 heavy (non-hydrogen) atoms. The minimum atomic E-state index is -3.82. The molecule has 0 radical (unpaired) electrons. The molecule has 11 heteroatoms. The van der Waals surface area contributed by atoms with Crippen LogP contribution in [-0.4, -0.2) is 56.3 Å². The second-order valence-electron chi connectivity index (χ2n) is 9.26. The zero-order chi connectivity index (χ0) is 26.6. The lowest BCUT2D eigenvalue weighted by molar-refractivity contribution is -0.139. The molecule has 2 aromatic carbocycles. The smallest absolute Gasteiger partial charge is 0.244 e. The molecule has 2 aliphatic rings. The van der Waals surface area contributed by atoms with Crippen molar-refractivity contribution in [3.05, 3.63) is 52.5 Å². The van der Waals surface area contributed by atoms with Gasteiger partial charge in [0, 0.05) is 23.1 Å². The van der Waals surface area contributed by atoms with Crippen LogP contribution in [0.3, 0.4) is 0 Å². The monoisotopic (exact) mass is 593 g/mol. The summed E-state index contributed by atoms with van der Waals surface area (Å²) >= 11 is 3.45. The van der Waals surface area contributed by atoms with Gasteiger partial charge in [0.05, 0.1) is 11.4 Å². The van der Waals surface area contributed by atoms with Crippen LogP contribution in [0, 0.1) is 0 Å². The molecule has 2 aromatic rings. The van der Waals surface area contributed by atoms with Crippen molar-refractivity contribution < 1.29 is 27.5 Å². The summed E-state index contributed by atoms with van der Waals surface area (Å²) in [6.07, 6.45) is 3.98. The lowest BCUT2D eigenvalue weighted by atomic mass is 10.1. The Bertz CT molecular complexity index is 1250. The maximum absolute atomic E-state index is 13.8. The average Bonchev–Trinajstić information content (AvgIpc) is 3.56. The molecule has 1 heterocycles. The number of benzene rings is 2. The lowest BCUT2D eigenvalue weighted by Gasteiger charge is -2.32. The summed E-state index contributed by atoms with van der Waals surface area (Å²) in [5.41, 5.74) is 1.11. The third kappa shape index (κ3) is 6.56. The van der Waals surface area contributed by atoms with Crippen LogP contribution in [0.5, 0.6) is 11.5 Å². The zero-order valence-electron chi connectivity index (χ0n) is 21.0. The summed E-state index contributed by atoms with van der Waals surface area (Å²) in [7, 11) is -3.82. The maximum Gasteiger partial charge on any atom is 0.244 e. The molecule has 1 aliphatic carbocycles. The normalized spacial score (nSPS) is 15.9. The number of sulfonamides is 1. The second-order valence-corrected chi connectivity index (χ2v) is 12.4. The first-order valence-corrected chi connectivity index (χ1v) is 14.8. The first kappa shape index (κ1) is 27.3. The van der Waals surface area contributed by atoms with Crippen molar-refractivity contribution in [3.63, 3.8) is 0 Å². The van der Waals surface area contributed by atoms with E-state index in [1.54, 1.807) is 25.1 Å². The molecule has 0 spiro atoms. The van der Waals surface area contributed by atoms with Gasteiger partial charge in [-0.15, -0.1) is 0 Å². The van der Waals surface area contributed by atoms with Crippen molar-refractivity contribution in [1.82, 2.24) is 10.2 Å². The number of carbonyl (C=O) groups is 2. The third-order valence-electron chi connectivity index (χ3n) is 6.73. The Hall–Kier alpha value is -2.79. The lowest BCUT2D eigenvalue weighted by Crippen LogP contribution is -2.52. The van der Waals surface area contributed by atoms with E-state index < -0.39 is 28.5 Å². The number of carbonyl (C=O) groups excluding carboxylic acids is 2. The Morgan fingerprint density at radius 2 is 1.84 bits per heavy atom. The van der Waals surface area contributed by atoms with E-state index in [9.17, 15) is 18.0 Å². The molecule has 1 fully saturated rings. The van der Waals surface area contributed by atoms with E-state index in [1.165, 1.54) is 11.8 Å². The summed E-state index contributed by atoms with van der Waals surface area (Å²) in [5.74, 6) is -0.00105. The molecule has 0 saturated heterocycles. The fourth-order valence-electron chi connectivity index (χ4n) is 4.57. The van der Waals surface area contributed by atoms with Gasteiger partial charge in [-0.3, -0.25) is 13.9 Å². The first-order valence-electron chi connectivity index (χ1n) is 12.4. The van der Waals surface area contributed by atoms with Crippen molar-refractivity contribution in [2.24, 2.45) is 0 Å². The third-order valence-corrected chi connectivity index (χ3v) is 8.97. The van der Waals surface area contributed by atoms with Crippen LogP contribution in [0.25, 0.3) is 0 Å². The van der Waals surface area contributed by atoms with Gasteiger partial charge in [0.25, 0.3) is 0 Å². The van der Waals surface area contributed by atoms with Crippen LogP contribution >= 0.6 is 15.9 Å². The molecule has 0 aromatic heterocycles. The highest BCUT2D eigenvalue weighted by Gasteiger charge is 2.32. The predicted octanol–water partition coefficient (Wildman–Crippen LogP) is 3.81. The van der Waals surface area contributed by atoms with Gasteiger partial charge in [0.15, 0.2) is 11.5 Å². The quantitative estimate of drug-likeness (QED) is 0.449. The van der Waals surface area contributed by atoms with Crippen molar-refractivity contribution in [1.29, 1.82) is 0 Å². The molecule has 200 valence electrons. The fraction of sp³-hybridized carbons (Fsp3) is 0.462. The molecule has 2 amide bonds. The van der Waals surface area contributed by atoms with Gasteiger partial charge in [-0.2, -0.15) is 0 Å². The highest BCUT2D eigenvalue weighted by atomic mass is 79.9. The van der Waals surface area contributed by atoms with Crippen LogP contribution in [0.2, 0.25) is 0 Å². The Morgan fingerprint density at radius 1 is 1.11 bits per heavy atom. The molecule has 0 bridgehead atoms. The number of ether oxygens (including phenoxy) is 2. The zero-order valence-corrected chi connectivity index (χ0v) is 23.4. The second kappa shape index (κ2) is 11.7. The van der Waals surface area contributed by atoms with Crippen molar-refractivity contribution >= 4 is 43.5 Å². The summed E-state index contributed by atoms with van der Waals surface area (Å²) in [6.45, 7) is 2.95. The summed E-state index contributed by atoms with van der Waals surface area (Å²) in [4.78, 5) is 28.4. The molecule has 0 unspecified atom stereocenters. The van der Waals surface area contributed by atoms with Gasteiger partial charge in [0.1, 0.15) is 12.6 Å². The molecule has 4 rings (SSSR count). The molecular formula is C26H32BrN3O6S. The van der Waals surface area contributed by atoms with Gasteiger partial charge in [-0.05, 0) is 56.5 Å². The van der Waals surface area contributed by atoms with E-state index in [1.807, 2.05) is 24.3 Å². The maximum atomic E-state index is 13.8. The van der Waals surface area contributed by atoms with Crippen LogP contribution in [0.1, 0.15) is 45.1 Å². The predicted molar refractivity (Wildman–Crippen MR) is 144 cm³/mol. The van der Waals surface area contributed by atoms with Crippen LogP contribution < -0.4 is 19.1 Å². The van der Waals surface area contributed by atoms with Gasteiger partial charge in [0.2, 0.25) is 28.6 Å². The minimum absolute atomic E-state index is 0.0479. The fourth-order valence-corrected chi connectivity index (χ4v) is 6.07. The van der Waals surface area contributed by atoms with E-state index in [4.69, 9.17) is 9.47 Å². The van der Waals surface area contributed by atoms with Crippen molar-refractivity contribution in [3.8, 4) is 11.5 Å². The molecule has 9 nitrogen and oxygen atoms in total. The Kier molecular flexibility index (Phi) is 8.63. The molecular weight excluding hydrogens is 562 g/mol. The first-order chi connectivity index (χ1) is 17.7. The molecule has 1 aliphatic heterocycles. The largest absolute Gasteiger partial charge is 0.454 e. The number of anilines is 1. The van der Waals surface area contributed by atoms with E-state index in [0.717, 1.165) is 40.0 Å². The number of rotatable bonds is 10. The Balaban J connectivity index is 1.62. The van der Waals surface area contributed by atoms with Crippen molar-refractivity contribution in [2.45, 2.75) is 58.2 Å². The average molecular weight is 595 g/mol. The highest BCUT2D eigenvalue weighted by molar-refractivity contribution is 9.10. The van der Waals surface area contributed by atoms with Crippen molar-refractivity contribution in [2.75, 3.05) is 23.4 Å². The number of halogens is 1. The summed E-state index contributed by atoms with van der Waals surface area (Å²) < 4.78 is 38.9. The number of hydrogen-bond acceptors (Lipinski definition) is 6. The number of amides is 2. The van der Waals surface area contributed by atoms with Gasteiger partial charge in [-0.1, -0.05) is 40.9 Å². The minimum Gasteiger partial charge on any atom is -0.454 e. The van der Waals surface area contributed by atoms with Crippen LogP contribution in [-0.2, 0) is 26.2 Å². The molecule has 1 atom stereocenters. The van der Waals surface area contributed by atoms with Gasteiger partial charge in [-0.25, -0.2) is 8.42 Å². The SMILES string of the molecule is CCS(=O)(=O)N(CC(=O)N(Cc1cccc(Br)c1)[C@@H](C)C(=O)NC1CCCC1)c1ccc2c(c1)OCO2. The van der Waals surface area contributed by atoms with E-state index in [-0.39, 0.29) is 31.0 Å². The Labute approximate surface area is 226 Å². The van der Waals surface area contributed by atoms with Gasteiger partial charge < -0.3 is 19.7 Å². The van der Waals surface area contributed by atoms with Crippen LogP contribution in [0.15, 0.2) is 46.9 Å². The Morgan fingerprint density at radius 3 is 2.54 bits per heavy atom. The summed E-state index contributed by atoms with van der Waals surface area (Å²) in [6, 6.07) is 11.5.